The van der Waals surface area contributed by atoms with Crippen LogP contribution in [0.2, 0.25) is 0 Å². The van der Waals surface area contributed by atoms with E-state index in [2.05, 4.69) is 37.3 Å². The first-order chi connectivity index (χ1) is 10.3. The third-order valence-corrected chi connectivity index (χ3v) is 3.48. The van der Waals surface area contributed by atoms with Gasteiger partial charge in [0.2, 0.25) is 5.88 Å². The Morgan fingerprint density at radius 1 is 1.19 bits per heavy atom. The van der Waals surface area contributed by atoms with Gasteiger partial charge in [0.25, 0.3) is 0 Å². The van der Waals surface area contributed by atoms with Crippen LogP contribution in [0.1, 0.15) is 5.56 Å². The molecule has 2 heterocycles. The summed E-state index contributed by atoms with van der Waals surface area (Å²) in [6, 6.07) is 11.9. The normalized spacial score (nSPS) is 10.8. The predicted molar refractivity (Wildman–Crippen MR) is 86.5 cm³/mol. The molecule has 0 amide bonds. The van der Waals surface area contributed by atoms with Gasteiger partial charge in [0.15, 0.2) is 0 Å². The largest absolute Gasteiger partial charge is 0.437 e. The molecule has 1 N–H and O–H groups in total. The van der Waals surface area contributed by atoms with Gasteiger partial charge < -0.3 is 10.1 Å². The van der Waals surface area contributed by atoms with Gasteiger partial charge >= 0.3 is 0 Å². The zero-order valence-electron chi connectivity index (χ0n) is 11.5. The van der Waals surface area contributed by atoms with Gasteiger partial charge in [-0.05, 0) is 40.7 Å². The molecule has 0 unspecified atom stereocenters. The highest BCUT2D eigenvalue weighted by atomic mass is 79.9. The average Bonchev–Trinajstić information content (AvgIpc) is 2.47. The first-order valence-corrected chi connectivity index (χ1v) is 7.37. The Hall–Kier alpha value is -1.98. The number of pyridine rings is 2. The van der Waals surface area contributed by atoms with Crippen LogP contribution in [0.15, 0.2) is 53.3 Å². The molecule has 4 nitrogen and oxygen atoms in total. The van der Waals surface area contributed by atoms with Crippen molar-refractivity contribution in [2.75, 3.05) is 7.05 Å². The Labute approximate surface area is 131 Å². The minimum atomic E-state index is 0.568. The van der Waals surface area contributed by atoms with Gasteiger partial charge in [-0.2, -0.15) is 0 Å². The van der Waals surface area contributed by atoms with E-state index in [0.717, 1.165) is 27.5 Å². The molecule has 2 aromatic heterocycles. The highest BCUT2D eigenvalue weighted by Crippen LogP contribution is 2.26. The number of para-hydroxylation sites is 1. The number of aromatic nitrogens is 2. The molecule has 3 rings (SSSR count). The first-order valence-electron chi connectivity index (χ1n) is 6.58. The summed E-state index contributed by atoms with van der Waals surface area (Å²) in [5.41, 5.74) is 2.07. The van der Waals surface area contributed by atoms with E-state index in [1.807, 2.05) is 37.4 Å². The maximum Gasteiger partial charge on any atom is 0.220 e. The molecule has 0 aliphatic rings. The van der Waals surface area contributed by atoms with Crippen LogP contribution >= 0.6 is 15.9 Å². The van der Waals surface area contributed by atoms with Crippen LogP contribution < -0.4 is 10.1 Å². The number of nitrogens with one attached hydrogen (secondary N) is 1. The highest BCUT2D eigenvalue weighted by Gasteiger charge is 2.07. The lowest BCUT2D eigenvalue weighted by atomic mass is 10.1. The molecule has 106 valence electrons. The van der Waals surface area contributed by atoms with Crippen molar-refractivity contribution >= 4 is 26.8 Å². The molecule has 0 radical (unpaired) electrons. The van der Waals surface area contributed by atoms with Crippen molar-refractivity contribution in [1.29, 1.82) is 0 Å². The number of benzene rings is 1. The number of hydrogen-bond acceptors (Lipinski definition) is 4. The lowest BCUT2D eigenvalue weighted by Crippen LogP contribution is -2.06. The average molecular weight is 344 g/mol. The highest BCUT2D eigenvalue weighted by molar-refractivity contribution is 9.10. The zero-order chi connectivity index (χ0) is 14.7. The van der Waals surface area contributed by atoms with Crippen molar-refractivity contribution in [2.45, 2.75) is 6.54 Å². The number of hydrogen-bond donors (Lipinski definition) is 1. The number of halogens is 1. The summed E-state index contributed by atoms with van der Waals surface area (Å²) in [6.45, 7) is 0.760. The molecule has 3 aromatic rings. The molecule has 0 bridgehead atoms. The Bertz CT molecular complexity index is 776. The lowest BCUT2D eigenvalue weighted by molar-refractivity contribution is 0.461. The number of nitrogens with zero attached hydrogens (tertiary/aromatic N) is 2. The summed E-state index contributed by atoms with van der Waals surface area (Å²) in [7, 11) is 1.92. The van der Waals surface area contributed by atoms with E-state index in [4.69, 9.17) is 4.74 Å². The molecule has 21 heavy (non-hydrogen) atoms. The van der Waals surface area contributed by atoms with E-state index >= 15 is 0 Å². The van der Waals surface area contributed by atoms with Crippen molar-refractivity contribution < 1.29 is 4.74 Å². The SMILES string of the molecule is CNCc1cc(Oc2cncc(Br)c2)nc2ccccc12. The molecule has 0 aliphatic heterocycles. The predicted octanol–water partition coefficient (Wildman–Crippen LogP) is 3.90. The van der Waals surface area contributed by atoms with Crippen molar-refractivity contribution in [3.05, 3.63) is 58.8 Å². The second-order valence-electron chi connectivity index (χ2n) is 4.61. The Balaban J connectivity index is 2.02. The fraction of sp³-hybridized carbons (Fsp3) is 0.125. The van der Waals surface area contributed by atoms with Gasteiger partial charge in [-0.25, -0.2) is 4.98 Å². The minimum Gasteiger partial charge on any atom is -0.437 e. The van der Waals surface area contributed by atoms with E-state index in [9.17, 15) is 0 Å². The number of fused-ring (bicyclic) bond motifs is 1. The summed E-state index contributed by atoms with van der Waals surface area (Å²) < 4.78 is 6.69. The summed E-state index contributed by atoms with van der Waals surface area (Å²) >= 11 is 3.38. The van der Waals surface area contributed by atoms with Gasteiger partial charge in [-0.1, -0.05) is 18.2 Å². The fourth-order valence-corrected chi connectivity index (χ4v) is 2.52. The van der Waals surface area contributed by atoms with Gasteiger partial charge in [-0.3, -0.25) is 4.98 Å². The van der Waals surface area contributed by atoms with E-state index in [0.29, 0.717) is 11.6 Å². The van der Waals surface area contributed by atoms with Crippen LogP contribution in [-0.4, -0.2) is 17.0 Å². The van der Waals surface area contributed by atoms with Crippen molar-refractivity contribution in [1.82, 2.24) is 15.3 Å². The summed E-state index contributed by atoms with van der Waals surface area (Å²) in [4.78, 5) is 8.64. The first kappa shape index (κ1) is 14.0. The fourth-order valence-electron chi connectivity index (χ4n) is 2.18. The molecular formula is C16H14BrN3O. The molecule has 0 fully saturated rings. The number of rotatable bonds is 4. The molecule has 0 spiro atoms. The third-order valence-electron chi connectivity index (χ3n) is 3.05. The van der Waals surface area contributed by atoms with E-state index < -0.39 is 0 Å². The molecule has 1 aromatic carbocycles. The quantitative estimate of drug-likeness (QED) is 0.780. The van der Waals surface area contributed by atoms with Gasteiger partial charge in [-0.15, -0.1) is 0 Å². The summed E-state index contributed by atoms with van der Waals surface area (Å²) in [6.07, 6.45) is 3.38. The topological polar surface area (TPSA) is 47.0 Å². The Kier molecular flexibility index (Phi) is 4.13. The van der Waals surface area contributed by atoms with Gasteiger partial charge in [0.1, 0.15) is 5.75 Å². The second kappa shape index (κ2) is 6.20. The lowest BCUT2D eigenvalue weighted by Gasteiger charge is -2.10. The Morgan fingerprint density at radius 3 is 2.86 bits per heavy atom. The van der Waals surface area contributed by atoms with Crippen molar-refractivity contribution in [3.63, 3.8) is 0 Å². The van der Waals surface area contributed by atoms with E-state index in [1.165, 1.54) is 0 Å². The van der Waals surface area contributed by atoms with Crippen molar-refractivity contribution in [2.24, 2.45) is 0 Å². The van der Waals surface area contributed by atoms with Crippen LogP contribution in [-0.2, 0) is 6.54 Å². The summed E-state index contributed by atoms with van der Waals surface area (Å²) in [5.74, 6) is 1.22. The van der Waals surface area contributed by atoms with Crippen LogP contribution in [0.3, 0.4) is 0 Å². The van der Waals surface area contributed by atoms with Crippen LogP contribution in [0.5, 0.6) is 11.6 Å². The van der Waals surface area contributed by atoms with E-state index in [1.54, 1.807) is 12.4 Å². The summed E-state index contributed by atoms with van der Waals surface area (Å²) in [5, 5.41) is 4.30. The van der Waals surface area contributed by atoms with Gasteiger partial charge in [0, 0.05) is 28.7 Å². The molecule has 0 saturated carbocycles. The molecule has 0 atom stereocenters. The maximum absolute atomic E-state index is 5.82. The van der Waals surface area contributed by atoms with Crippen molar-refractivity contribution in [3.8, 4) is 11.6 Å². The van der Waals surface area contributed by atoms with Gasteiger partial charge in [0.05, 0.1) is 11.7 Å². The van der Waals surface area contributed by atoms with E-state index in [-0.39, 0.29) is 0 Å². The molecular weight excluding hydrogens is 330 g/mol. The van der Waals surface area contributed by atoms with Crippen LogP contribution in [0.25, 0.3) is 10.9 Å². The minimum absolute atomic E-state index is 0.568. The zero-order valence-corrected chi connectivity index (χ0v) is 13.1. The van der Waals surface area contributed by atoms with Crippen LogP contribution in [0.4, 0.5) is 0 Å². The third kappa shape index (κ3) is 3.20. The second-order valence-corrected chi connectivity index (χ2v) is 5.52. The monoisotopic (exact) mass is 343 g/mol. The number of ether oxygens (including phenoxy) is 1. The maximum atomic E-state index is 5.82. The molecule has 5 heteroatoms. The molecule has 0 saturated heterocycles. The Morgan fingerprint density at radius 2 is 2.05 bits per heavy atom. The van der Waals surface area contributed by atoms with Crippen LogP contribution in [0, 0.1) is 0 Å². The standard InChI is InChI=1S/C16H14BrN3O/c1-18-8-11-6-16(20-15-5-3-2-4-14(11)15)21-13-7-12(17)9-19-10-13/h2-7,9-10,18H,8H2,1H3. The molecule has 0 aliphatic carbocycles. The smallest absolute Gasteiger partial charge is 0.220 e.